The maximum atomic E-state index is 2.33. The molecule has 1 aromatic carbocycles. The van der Waals surface area contributed by atoms with E-state index in [2.05, 4.69) is 31.2 Å². The van der Waals surface area contributed by atoms with Crippen molar-refractivity contribution in [2.24, 2.45) is 5.92 Å². The van der Waals surface area contributed by atoms with E-state index in [1.54, 1.807) is 11.1 Å². The third-order valence-electron chi connectivity index (χ3n) is 3.59. The van der Waals surface area contributed by atoms with Crippen LogP contribution in [0.25, 0.3) is 0 Å². The van der Waals surface area contributed by atoms with Gasteiger partial charge in [0, 0.05) is 0 Å². The van der Waals surface area contributed by atoms with Gasteiger partial charge in [-0.15, -0.1) is 0 Å². The molecule has 0 N–H and O–H groups in total. The van der Waals surface area contributed by atoms with Crippen molar-refractivity contribution >= 4 is 0 Å². The summed E-state index contributed by atoms with van der Waals surface area (Å²) in [6.07, 6.45) is 2.80. The monoisotopic (exact) mass is 158 g/mol. The Morgan fingerprint density at radius 3 is 2.75 bits per heavy atom. The van der Waals surface area contributed by atoms with E-state index in [-0.39, 0.29) is 0 Å². The van der Waals surface area contributed by atoms with Crippen molar-refractivity contribution < 1.29 is 0 Å². The summed E-state index contributed by atoms with van der Waals surface area (Å²) >= 11 is 0. The third kappa shape index (κ3) is 0.682. The highest BCUT2D eigenvalue weighted by Crippen LogP contribution is 2.63. The minimum atomic E-state index is 0.895. The first-order valence-electron chi connectivity index (χ1n) is 5.00. The fourth-order valence-corrected chi connectivity index (χ4v) is 2.96. The molecule has 2 aliphatic rings. The number of fused-ring (bicyclic) bond motifs is 3. The Kier molecular flexibility index (Phi) is 1.19. The zero-order chi connectivity index (χ0) is 8.13. The second kappa shape index (κ2) is 2.12. The molecular weight excluding hydrogens is 144 g/mol. The lowest BCUT2D eigenvalue weighted by molar-refractivity contribution is 0.604. The molecule has 3 atom stereocenters. The molecule has 62 valence electrons. The van der Waals surface area contributed by atoms with E-state index >= 15 is 0 Å². The second-order valence-electron chi connectivity index (χ2n) is 4.15. The molecule has 2 aliphatic carbocycles. The van der Waals surface area contributed by atoms with Gasteiger partial charge in [0.1, 0.15) is 0 Å². The standard InChI is InChI=1S/C12H14/c1-2-8-9-5-3-4-6-10(9)12-7-11(8)12/h3-6,8,11-12H,2,7H2,1H3. The van der Waals surface area contributed by atoms with Gasteiger partial charge in [0.2, 0.25) is 0 Å². The lowest BCUT2D eigenvalue weighted by Gasteiger charge is -2.11. The van der Waals surface area contributed by atoms with Crippen LogP contribution in [0.2, 0.25) is 0 Å². The van der Waals surface area contributed by atoms with Crippen molar-refractivity contribution in [3.8, 4) is 0 Å². The van der Waals surface area contributed by atoms with Crippen LogP contribution in [0.5, 0.6) is 0 Å². The summed E-state index contributed by atoms with van der Waals surface area (Å²) in [6.45, 7) is 2.32. The fraction of sp³-hybridized carbons (Fsp3) is 0.500. The van der Waals surface area contributed by atoms with Crippen LogP contribution < -0.4 is 0 Å². The lowest BCUT2D eigenvalue weighted by Crippen LogP contribution is -1.95. The summed E-state index contributed by atoms with van der Waals surface area (Å²) in [6, 6.07) is 9.03. The number of benzene rings is 1. The predicted octanol–water partition coefficient (Wildman–Crippen LogP) is 3.30. The topological polar surface area (TPSA) is 0 Å². The molecule has 0 aliphatic heterocycles. The Bertz CT molecular complexity index is 314. The summed E-state index contributed by atoms with van der Waals surface area (Å²) in [5.74, 6) is 2.87. The Balaban J connectivity index is 2.13. The van der Waals surface area contributed by atoms with Crippen molar-refractivity contribution in [2.75, 3.05) is 0 Å². The Morgan fingerprint density at radius 2 is 2.00 bits per heavy atom. The van der Waals surface area contributed by atoms with Crippen molar-refractivity contribution in [1.82, 2.24) is 0 Å². The van der Waals surface area contributed by atoms with Crippen LogP contribution in [-0.2, 0) is 0 Å². The van der Waals surface area contributed by atoms with Gasteiger partial charge < -0.3 is 0 Å². The minimum absolute atomic E-state index is 0.895. The summed E-state index contributed by atoms with van der Waals surface area (Å²) < 4.78 is 0. The predicted molar refractivity (Wildman–Crippen MR) is 50.3 cm³/mol. The molecule has 0 heteroatoms. The molecule has 1 saturated carbocycles. The molecule has 0 radical (unpaired) electrons. The van der Waals surface area contributed by atoms with Gasteiger partial charge in [0.15, 0.2) is 0 Å². The summed E-state index contributed by atoms with van der Waals surface area (Å²) in [4.78, 5) is 0. The van der Waals surface area contributed by atoms with Gasteiger partial charge in [0.25, 0.3) is 0 Å². The fourth-order valence-electron chi connectivity index (χ4n) is 2.96. The highest BCUT2D eigenvalue weighted by molar-refractivity contribution is 5.44. The van der Waals surface area contributed by atoms with Gasteiger partial charge in [-0.2, -0.15) is 0 Å². The molecule has 1 aromatic rings. The SMILES string of the molecule is CCC1c2ccccc2C2CC12. The van der Waals surface area contributed by atoms with E-state index < -0.39 is 0 Å². The Labute approximate surface area is 73.6 Å². The van der Waals surface area contributed by atoms with Gasteiger partial charge >= 0.3 is 0 Å². The maximum Gasteiger partial charge on any atom is -0.0122 e. The molecule has 3 unspecified atom stereocenters. The molecule has 0 heterocycles. The van der Waals surface area contributed by atoms with Crippen molar-refractivity contribution in [2.45, 2.75) is 31.6 Å². The molecule has 0 nitrogen and oxygen atoms in total. The quantitative estimate of drug-likeness (QED) is 0.588. The van der Waals surface area contributed by atoms with Gasteiger partial charge in [-0.05, 0) is 41.7 Å². The summed E-state index contributed by atoms with van der Waals surface area (Å²) in [7, 11) is 0. The van der Waals surface area contributed by atoms with Crippen LogP contribution in [0.4, 0.5) is 0 Å². The van der Waals surface area contributed by atoms with Crippen LogP contribution in [0.15, 0.2) is 24.3 Å². The van der Waals surface area contributed by atoms with Crippen LogP contribution >= 0.6 is 0 Å². The Morgan fingerprint density at radius 1 is 1.25 bits per heavy atom. The second-order valence-corrected chi connectivity index (χ2v) is 4.15. The van der Waals surface area contributed by atoms with E-state index in [1.165, 1.54) is 12.8 Å². The molecule has 0 saturated heterocycles. The highest BCUT2D eigenvalue weighted by atomic mass is 14.5. The molecule has 3 rings (SSSR count). The van der Waals surface area contributed by atoms with Crippen LogP contribution in [0.3, 0.4) is 0 Å². The van der Waals surface area contributed by atoms with Gasteiger partial charge in [0.05, 0.1) is 0 Å². The smallest absolute Gasteiger partial charge is 0.0122 e. The first kappa shape index (κ1) is 6.71. The number of hydrogen-bond donors (Lipinski definition) is 0. The molecule has 0 spiro atoms. The highest BCUT2D eigenvalue weighted by Gasteiger charge is 2.50. The number of rotatable bonds is 1. The van der Waals surface area contributed by atoms with E-state index in [0.29, 0.717) is 0 Å². The third-order valence-corrected chi connectivity index (χ3v) is 3.59. The van der Waals surface area contributed by atoms with Gasteiger partial charge in [-0.1, -0.05) is 31.2 Å². The Hall–Kier alpha value is -0.780. The first-order valence-corrected chi connectivity index (χ1v) is 5.00. The average molecular weight is 158 g/mol. The van der Waals surface area contributed by atoms with Crippen molar-refractivity contribution in [3.63, 3.8) is 0 Å². The van der Waals surface area contributed by atoms with Crippen LogP contribution in [-0.4, -0.2) is 0 Å². The summed E-state index contributed by atoms with van der Waals surface area (Å²) in [5.41, 5.74) is 3.32. The molecule has 1 fully saturated rings. The van der Waals surface area contributed by atoms with Crippen LogP contribution in [0.1, 0.15) is 42.7 Å². The lowest BCUT2D eigenvalue weighted by atomic mass is 9.94. The van der Waals surface area contributed by atoms with E-state index in [0.717, 1.165) is 17.8 Å². The summed E-state index contributed by atoms with van der Waals surface area (Å²) in [5, 5.41) is 0. The zero-order valence-corrected chi connectivity index (χ0v) is 7.46. The minimum Gasteiger partial charge on any atom is -0.0648 e. The largest absolute Gasteiger partial charge is 0.0648 e. The normalized spacial score (nSPS) is 35.9. The van der Waals surface area contributed by atoms with E-state index in [1.807, 2.05) is 0 Å². The van der Waals surface area contributed by atoms with Gasteiger partial charge in [-0.3, -0.25) is 0 Å². The zero-order valence-electron chi connectivity index (χ0n) is 7.46. The molecule has 0 aromatic heterocycles. The van der Waals surface area contributed by atoms with E-state index in [4.69, 9.17) is 0 Å². The van der Waals surface area contributed by atoms with Crippen molar-refractivity contribution in [3.05, 3.63) is 35.4 Å². The van der Waals surface area contributed by atoms with Crippen molar-refractivity contribution in [1.29, 1.82) is 0 Å². The molecule has 0 amide bonds. The average Bonchev–Trinajstić information content (AvgIpc) is 2.83. The molecular formula is C12H14. The van der Waals surface area contributed by atoms with E-state index in [9.17, 15) is 0 Å². The van der Waals surface area contributed by atoms with Gasteiger partial charge in [-0.25, -0.2) is 0 Å². The first-order chi connectivity index (χ1) is 5.92. The molecule has 12 heavy (non-hydrogen) atoms. The molecule has 0 bridgehead atoms. The van der Waals surface area contributed by atoms with Crippen LogP contribution in [0, 0.1) is 5.92 Å². The number of hydrogen-bond acceptors (Lipinski definition) is 0. The maximum absolute atomic E-state index is 2.33.